The Balaban J connectivity index is 4.20. The zero-order chi connectivity index (χ0) is 10.9. The minimum atomic E-state index is 0.375. The summed E-state index contributed by atoms with van der Waals surface area (Å²) >= 11 is 0. The molecule has 0 saturated carbocycles. The Morgan fingerprint density at radius 2 is 1.38 bits per heavy atom. The van der Waals surface area contributed by atoms with Crippen LogP contribution in [0.15, 0.2) is 0 Å². The lowest BCUT2D eigenvalue weighted by atomic mass is 9.85. The van der Waals surface area contributed by atoms with Gasteiger partial charge in [0.25, 0.3) is 0 Å². The number of hydrogen-bond donors (Lipinski definition) is 0. The molecule has 0 N–H and O–H groups in total. The van der Waals surface area contributed by atoms with Crippen molar-refractivity contribution in [1.29, 1.82) is 0 Å². The smallest absolute Gasteiger partial charge is 0.0113 e. The van der Waals surface area contributed by atoms with Gasteiger partial charge in [-0.2, -0.15) is 0 Å². The first kappa shape index (κ1) is 13.0. The third kappa shape index (κ3) is 5.30. The molecular formula is C12H27N. The fourth-order valence-corrected chi connectivity index (χ4v) is 1.55. The van der Waals surface area contributed by atoms with Crippen LogP contribution in [0.3, 0.4) is 0 Å². The highest BCUT2D eigenvalue weighted by atomic mass is 15.1. The summed E-state index contributed by atoms with van der Waals surface area (Å²) in [7, 11) is 2.22. The summed E-state index contributed by atoms with van der Waals surface area (Å²) in [6, 6.07) is 0.631. The Kier molecular flexibility index (Phi) is 3.98. The monoisotopic (exact) mass is 185 g/mol. The molecule has 0 aromatic rings. The minimum absolute atomic E-state index is 0.375. The Morgan fingerprint density at radius 3 is 1.62 bits per heavy atom. The molecule has 0 aliphatic rings. The molecule has 0 spiro atoms. The molecule has 13 heavy (non-hydrogen) atoms. The van der Waals surface area contributed by atoms with E-state index in [-0.39, 0.29) is 0 Å². The summed E-state index contributed by atoms with van der Waals surface area (Å²) in [5, 5.41) is 0. The van der Waals surface area contributed by atoms with Crippen molar-refractivity contribution in [2.45, 2.75) is 54.5 Å². The minimum Gasteiger partial charge on any atom is -0.303 e. The molecule has 0 aromatic carbocycles. The molecule has 0 radical (unpaired) electrons. The van der Waals surface area contributed by atoms with Crippen molar-refractivity contribution in [3.63, 3.8) is 0 Å². The van der Waals surface area contributed by atoms with Gasteiger partial charge in [0.2, 0.25) is 0 Å². The Bertz CT molecular complexity index is 147. The van der Waals surface area contributed by atoms with E-state index in [4.69, 9.17) is 0 Å². The zero-order valence-corrected chi connectivity index (χ0v) is 10.7. The molecule has 0 unspecified atom stereocenters. The predicted octanol–water partition coefficient (Wildman–Crippen LogP) is 3.40. The van der Waals surface area contributed by atoms with Crippen LogP contribution in [0.1, 0.15) is 48.5 Å². The highest BCUT2D eigenvalue weighted by Crippen LogP contribution is 2.25. The average Bonchev–Trinajstić information content (AvgIpc) is 1.79. The normalized spacial score (nSPS) is 16.4. The van der Waals surface area contributed by atoms with Gasteiger partial charge in [-0.3, -0.25) is 0 Å². The molecule has 1 heteroatoms. The van der Waals surface area contributed by atoms with Crippen LogP contribution < -0.4 is 0 Å². The van der Waals surface area contributed by atoms with Gasteiger partial charge in [0.15, 0.2) is 0 Å². The standard InChI is InChI=1S/C12H27N/c1-10(12(5,6)7)13(8)9-11(2,3)4/h10H,9H2,1-8H3/t10-/m1/s1. The first-order valence-corrected chi connectivity index (χ1v) is 5.24. The molecule has 0 aromatic heterocycles. The quantitative estimate of drug-likeness (QED) is 0.637. The van der Waals surface area contributed by atoms with E-state index in [1.165, 1.54) is 0 Å². The van der Waals surface area contributed by atoms with E-state index in [1.807, 2.05) is 0 Å². The van der Waals surface area contributed by atoms with E-state index < -0.39 is 0 Å². The van der Waals surface area contributed by atoms with Crippen molar-refractivity contribution >= 4 is 0 Å². The van der Waals surface area contributed by atoms with Crippen LogP contribution in [-0.4, -0.2) is 24.5 Å². The number of rotatable bonds is 2. The third-order valence-corrected chi connectivity index (χ3v) is 2.64. The van der Waals surface area contributed by atoms with Crippen molar-refractivity contribution in [2.24, 2.45) is 10.8 Å². The van der Waals surface area contributed by atoms with Gasteiger partial charge in [0.1, 0.15) is 0 Å². The van der Waals surface area contributed by atoms with Crippen LogP contribution in [0, 0.1) is 10.8 Å². The van der Waals surface area contributed by atoms with Crippen molar-refractivity contribution in [3.05, 3.63) is 0 Å². The lowest BCUT2D eigenvalue weighted by Crippen LogP contribution is -2.43. The highest BCUT2D eigenvalue weighted by molar-refractivity contribution is 4.79. The lowest BCUT2D eigenvalue weighted by molar-refractivity contribution is 0.105. The second-order valence-corrected chi connectivity index (χ2v) is 6.52. The topological polar surface area (TPSA) is 3.24 Å². The molecule has 0 saturated heterocycles. The van der Waals surface area contributed by atoms with Crippen molar-refractivity contribution in [2.75, 3.05) is 13.6 Å². The first-order chi connectivity index (χ1) is 5.54. The predicted molar refractivity (Wildman–Crippen MR) is 61.0 cm³/mol. The van der Waals surface area contributed by atoms with Crippen molar-refractivity contribution in [3.8, 4) is 0 Å². The van der Waals surface area contributed by atoms with Crippen molar-refractivity contribution in [1.82, 2.24) is 4.90 Å². The molecule has 0 rings (SSSR count). The van der Waals surface area contributed by atoms with E-state index in [0.717, 1.165) is 6.54 Å². The van der Waals surface area contributed by atoms with Crippen LogP contribution in [0.4, 0.5) is 0 Å². The molecular weight excluding hydrogens is 158 g/mol. The maximum absolute atomic E-state index is 2.46. The molecule has 0 amide bonds. The van der Waals surface area contributed by atoms with E-state index >= 15 is 0 Å². The zero-order valence-electron chi connectivity index (χ0n) is 10.7. The SMILES string of the molecule is C[C@@H](N(C)CC(C)(C)C)C(C)(C)C. The Morgan fingerprint density at radius 1 is 1.00 bits per heavy atom. The second kappa shape index (κ2) is 4.00. The average molecular weight is 185 g/mol. The number of nitrogens with zero attached hydrogens (tertiary/aromatic N) is 1. The molecule has 0 heterocycles. The largest absolute Gasteiger partial charge is 0.303 e. The van der Waals surface area contributed by atoms with Gasteiger partial charge in [-0.05, 0) is 24.8 Å². The molecule has 1 atom stereocenters. The second-order valence-electron chi connectivity index (χ2n) is 6.52. The third-order valence-electron chi connectivity index (χ3n) is 2.64. The maximum Gasteiger partial charge on any atom is 0.0113 e. The summed E-state index contributed by atoms with van der Waals surface area (Å²) in [6.07, 6.45) is 0. The van der Waals surface area contributed by atoms with E-state index in [1.54, 1.807) is 0 Å². The molecule has 0 bridgehead atoms. The van der Waals surface area contributed by atoms with Crippen LogP contribution in [0.5, 0.6) is 0 Å². The van der Waals surface area contributed by atoms with Gasteiger partial charge in [0, 0.05) is 12.6 Å². The fraction of sp³-hybridized carbons (Fsp3) is 1.00. The molecule has 0 fully saturated rings. The first-order valence-electron chi connectivity index (χ1n) is 5.24. The van der Waals surface area contributed by atoms with Gasteiger partial charge >= 0.3 is 0 Å². The molecule has 0 aliphatic carbocycles. The van der Waals surface area contributed by atoms with Gasteiger partial charge < -0.3 is 4.90 Å². The molecule has 1 nitrogen and oxygen atoms in total. The van der Waals surface area contributed by atoms with Crippen LogP contribution in [0.25, 0.3) is 0 Å². The van der Waals surface area contributed by atoms with E-state index in [9.17, 15) is 0 Å². The van der Waals surface area contributed by atoms with Gasteiger partial charge in [0.05, 0.1) is 0 Å². The molecule has 80 valence electrons. The van der Waals surface area contributed by atoms with Gasteiger partial charge in [-0.15, -0.1) is 0 Å². The van der Waals surface area contributed by atoms with Crippen LogP contribution in [0.2, 0.25) is 0 Å². The van der Waals surface area contributed by atoms with E-state index in [0.29, 0.717) is 16.9 Å². The summed E-state index contributed by atoms with van der Waals surface area (Å²) in [5.41, 5.74) is 0.772. The van der Waals surface area contributed by atoms with Crippen LogP contribution in [-0.2, 0) is 0 Å². The summed E-state index contributed by atoms with van der Waals surface area (Å²) in [4.78, 5) is 2.46. The fourth-order valence-electron chi connectivity index (χ4n) is 1.55. The maximum atomic E-state index is 2.46. The lowest BCUT2D eigenvalue weighted by Gasteiger charge is -2.38. The van der Waals surface area contributed by atoms with Gasteiger partial charge in [-0.1, -0.05) is 41.5 Å². The Hall–Kier alpha value is -0.0400. The van der Waals surface area contributed by atoms with Gasteiger partial charge in [-0.25, -0.2) is 0 Å². The summed E-state index contributed by atoms with van der Waals surface area (Å²) in [6.45, 7) is 17.2. The molecule has 0 aliphatic heterocycles. The highest BCUT2D eigenvalue weighted by Gasteiger charge is 2.26. The summed E-state index contributed by atoms with van der Waals surface area (Å²) in [5.74, 6) is 0. The summed E-state index contributed by atoms with van der Waals surface area (Å²) < 4.78 is 0. The van der Waals surface area contributed by atoms with Crippen LogP contribution >= 0.6 is 0 Å². The number of hydrogen-bond acceptors (Lipinski definition) is 1. The van der Waals surface area contributed by atoms with Crippen molar-refractivity contribution < 1.29 is 0 Å². The van der Waals surface area contributed by atoms with E-state index in [2.05, 4.69) is 60.4 Å². The Labute approximate surface area is 84.5 Å².